The summed E-state index contributed by atoms with van der Waals surface area (Å²) in [4.78, 5) is 10.7. The molecule has 1 aromatic carbocycles. The summed E-state index contributed by atoms with van der Waals surface area (Å²) in [7, 11) is 0. The van der Waals surface area contributed by atoms with E-state index in [0.717, 1.165) is 0 Å². The summed E-state index contributed by atoms with van der Waals surface area (Å²) in [5.74, 6) is -2.48. The lowest BCUT2D eigenvalue weighted by molar-refractivity contribution is -0.0501. The fraction of sp³-hybridized carbons (Fsp3) is 0.200. The molecule has 0 atom stereocenters. The third kappa shape index (κ3) is 2.88. The molecule has 0 saturated carbocycles. The van der Waals surface area contributed by atoms with Crippen LogP contribution in [0.25, 0.3) is 0 Å². The topological polar surface area (TPSA) is 70.3 Å². The first-order chi connectivity index (χ1) is 8.36. The average molecular weight is 263 g/mol. The van der Waals surface area contributed by atoms with E-state index in [1.165, 1.54) is 6.07 Å². The van der Waals surface area contributed by atoms with Gasteiger partial charge in [0.15, 0.2) is 0 Å². The van der Waals surface area contributed by atoms with Crippen molar-refractivity contribution >= 4 is 5.97 Å². The van der Waals surface area contributed by atoms with E-state index >= 15 is 0 Å². The van der Waals surface area contributed by atoms with E-state index in [4.69, 9.17) is 10.4 Å². The molecule has 0 aliphatic carbocycles. The van der Waals surface area contributed by atoms with Crippen molar-refractivity contribution in [1.82, 2.24) is 0 Å². The van der Waals surface area contributed by atoms with Crippen LogP contribution >= 0.6 is 0 Å². The largest absolute Gasteiger partial charge is 0.478 e. The van der Waals surface area contributed by atoms with Crippen molar-refractivity contribution in [3.05, 3.63) is 28.8 Å². The van der Waals surface area contributed by atoms with Crippen LogP contribution in [-0.4, -0.2) is 17.7 Å². The molecule has 0 radical (unpaired) electrons. The monoisotopic (exact) mass is 263 g/mol. The number of aromatic carboxylic acids is 1. The third-order valence-corrected chi connectivity index (χ3v) is 1.95. The highest BCUT2D eigenvalue weighted by Crippen LogP contribution is 2.30. The molecule has 0 unspecified atom stereocenters. The second kappa shape index (κ2) is 5.35. The minimum Gasteiger partial charge on any atom is -0.478 e. The fourth-order valence-corrected chi connectivity index (χ4v) is 1.24. The Labute approximate surface area is 98.0 Å². The first kappa shape index (κ1) is 13.8. The molecule has 0 saturated heterocycles. The molecule has 0 heterocycles. The Hall–Kier alpha value is -2.30. The van der Waals surface area contributed by atoms with E-state index in [1.54, 1.807) is 0 Å². The number of nitrogens with zero attached hydrogens (tertiary/aromatic N) is 1. The second-order valence-corrected chi connectivity index (χ2v) is 3.03. The van der Waals surface area contributed by atoms with E-state index in [0.29, 0.717) is 12.1 Å². The summed E-state index contributed by atoms with van der Waals surface area (Å²) in [5, 5.41) is 17.3. The predicted molar refractivity (Wildman–Crippen MR) is 49.7 cm³/mol. The lowest BCUT2D eigenvalue weighted by Crippen LogP contribution is -2.08. The Morgan fingerprint density at radius 3 is 2.33 bits per heavy atom. The van der Waals surface area contributed by atoms with Crippen LogP contribution in [0, 0.1) is 11.3 Å². The molecule has 96 valence electrons. The van der Waals surface area contributed by atoms with Gasteiger partial charge in [-0.25, -0.2) is 13.6 Å². The molecule has 1 rings (SSSR count). The number of halogens is 4. The van der Waals surface area contributed by atoms with E-state index in [-0.39, 0.29) is 0 Å². The van der Waals surface area contributed by atoms with Crippen LogP contribution in [0.5, 0.6) is 5.75 Å². The fourth-order valence-electron chi connectivity index (χ4n) is 1.24. The zero-order valence-corrected chi connectivity index (χ0v) is 8.53. The first-order valence-electron chi connectivity index (χ1n) is 4.41. The van der Waals surface area contributed by atoms with Gasteiger partial charge in [-0.15, -0.1) is 0 Å². The molecule has 1 N–H and O–H groups in total. The van der Waals surface area contributed by atoms with Gasteiger partial charge in [0.1, 0.15) is 11.8 Å². The number of carboxylic acids is 1. The molecule has 0 amide bonds. The summed E-state index contributed by atoms with van der Waals surface area (Å²) in [6, 6.07) is 2.38. The summed E-state index contributed by atoms with van der Waals surface area (Å²) in [5.41, 5.74) is -2.41. The number of carboxylic acid groups (broad SMARTS) is 1. The Balaban J connectivity index is 3.42. The lowest BCUT2D eigenvalue weighted by Gasteiger charge is -2.11. The van der Waals surface area contributed by atoms with Gasteiger partial charge in [0.05, 0.1) is 11.1 Å². The molecule has 0 spiro atoms. The SMILES string of the molecule is N#Cc1cc(C(F)F)c(C(=O)O)cc1OC(F)F. The number of benzene rings is 1. The highest BCUT2D eigenvalue weighted by Gasteiger charge is 2.22. The van der Waals surface area contributed by atoms with Gasteiger partial charge >= 0.3 is 12.6 Å². The summed E-state index contributed by atoms with van der Waals surface area (Å²) < 4.78 is 53.0. The van der Waals surface area contributed by atoms with Crippen LogP contribution in [0.4, 0.5) is 17.6 Å². The van der Waals surface area contributed by atoms with Crippen molar-refractivity contribution in [2.24, 2.45) is 0 Å². The number of rotatable bonds is 4. The number of carbonyl (C=O) groups is 1. The van der Waals surface area contributed by atoms with Crippen molar-refractivity contribution < 1.29 is 32.2 Å². The molecular weight excluding hydrogens is 258 g/mol. The van der Waals surface area contributed by atoms with Crippen LogP contribution in [-0.2, 0) is 0 Å². The van der Waals surface area contributed by atoms with Crippen LogP contribution in [0.2, 0.25) is 0 Å². The van der Waals surface area contributed by atoms with Gasteiger partial charge in [-0.1, -0.05) is 0 Å². The Bertz CT molecular complexity index is 511. The second-order valence-electron chi connectivity index (χ2n) is 3.03. The van der Waals surface area contributed by atoms with Gasteiger partial charge in [-0.3, -0.25) is 0 Å². The van der Waals surface area contributed by atoms with Crippen molar-refractivity contribution in [3.63, 3.8) is 0 Å². The maximum atomic E-state index is 12.5. The molecular formula is C10H5F4NO3. The smallest absolute Gasteiger partial charge is 0.387 e. The molecule has 1 aromatic rings. The number of hydrogen-bond donors (Lipinski definition) is 1. The normalized spacial score (nSPS) is 10.5. The van der Waals surface area contributed by atoms with Crippen LogP contribution in [0.15, 0.2) is 12.1 Å². The third-order valence-electron chi connectivity index (χ3n) is 1.95. The minimum absolute atomic E-state index is 0.481. The van der Waals surface area contributed by atoms with Crippen molar-refractivity contribution in [1.29, 1.82) is 5.26 Å². The summed E-state index contributed by atoms with van der Waals surface area (Å²) in [6.07, 6.45) is -3.15. The van der Waals surface area contributed by atoms with Gasteiger partial charge in [0.25, 0.3) is 6.43 Å². The highest BCUT2D eigenvalue weighted by molar-refractivity contribution is 5.90. The molecule has 0 aliphatic heterocycles. The first-order valence-corrected chi connectivity index (χ1v) is 4.41. The predicted octanol–water partition coefficient (Wildman–Crippen LogP) is 2.80. The molecule has 4 nitrogen and oxygen atoms in total. The summed E-state index contributed by atoms with van der Waals surface area (Å²) >= 11 is 0. The summed E-state index contributed by atoms with van der Waals surface area (Å²) in [6.45, 7) is -3.30. The quantitative estimate of drug-likeness (QED) is 0.848. The van der Waals surface area contributed by atoms with Crippen molar-refractivity contribution in [2.45, 2.75) is 13.0 Å². The highest BCUT2D eigenvalue weighted by atomic mass is 19.3. The van der Waals surface area contributed by atoms with E-state index in [9.17, 15) is 22.4 Å². The molecule has 8 heteroatoms. The van der Waals surface area contributed by atoms with Gasteiger partial charge in [0.2, 0.25) is 0 Å². The van der Waals surface area contributed by atoms with Gasteiger partial charge in [-0.05, 0) is 12.1 Å². The van der Waals surface area contributed by atoms with Crippen LogP contribution < -0.4 is 4.74 Å². The Kier molecular flexibility index (Phi) is 4.09. The van der Waals surface area contributed by atoms with E-state index < -0.39 is 41.4 Å². The van der Waals surface area contributed by atoms with Crippen molar-refractivity contribution in [2.75, 3.05) is 0 Å². The van der Waals surface area contributed by atoms with E-state index in [2.05, 4.69) is 4.74 Å². The zero-order valence-electron chi connectivity index (χ0n) is 8.53. The minimum atomic E-state index is -3.30. The molecule has 0 bridgehead atoms. The average Bonchev–Trinajstić information content (AvgIpc) is 2.27. The van der Waals surface area contributed by atoms with Gasteiger partial charge in [-0.2, -0.15) is 14.0 Å². The maximum Gasteiger partial charge on any atom is 0.387 e. The molecule has 0 aliphatic rings. The van der Waals surface area contributed by atoms with Crippen molar-refractivity contribution in [3.8, 4) is 11.8 Å². The van der Waals surface area contributed by atoms with Gasteiger partial charge in [0, 0.05) is 5.56 Å². The molecule has 0 fully saturated rings. The van der Waals surface area contributed by atoms with Crippen LogP contribution in [0.1, 0.15) is 27.9 Å². The molecule has 0 aromatic heterocycles. The zero-order chi connectivity index (χ0) is 13.9. The number of nitriles is 1. The molecule has 18 heavy (non-hydrogen) atoms. The van der Waals surface area contributed by atoms with Crippen LogP contribution in [0.3, 0.4) is 0 Å². The Morgan fingerprint density at radius 2 is 1.94 bits per heavy atom. The number of alkyl halides is 4. The lowest BCUT2D eigenvalue weighted by atomic mass is 10.0. The maximum absolute atomic E-state index is 12.5. The standard InChI is InChI=1S/C10H5F4NO3/c11-8(12)5-1-4(3-15)7(18-10(13)14)2-6(5)9(16)17/h1-2,8,10H,(H,16,17). The van der Waals surface area contributed by atoms with Gasteiger partial charge < -0.3 is 9.84 Å². The number of ether oxygens (including phenoxy) is 1. The Morgan fingerprint density at radius 1 is 1.33 bits per heavy atom. The van der Waals surface area contributed by atoms with E-state index in [1.807, 2.05) is 0 Å². The number of hydrogen-bond acceptors (Lipinski definition) is 3.